The van der Waals surface area contributed by atoms with Crippen molar-refractivity contribution in [1.29, 1.82) is 0 Å². The highest BCUT2D eigenvalue weighted by atomic mass is 16.1. The summed E-state index contributed by atoms with van der Waals surface area (Å²) in [5, 5.41) is 0. The maximum absolute atomic E-state index is 11.2. The summed E-state index contributed by atoms with van der Waals surface area (Å²) in [5.41, 5.74) is 0. The van der Waals surface area contributed by atoms with Crippen LogP contribution in [0.3, 0.4) is 0 Å². The SMILES string of the molecule is CC(=O)C(C)CCC(=O)C(C)C. The fourth-order valence-electron chi connectivity index (χ4n) is 0.851. The van der Waals surface area contributed by atoms with Gasteiger partial charge in [0.15, 0.2) is 0 Å². The molecule has 0 aromatic carbocycles. The van der Waals surface area contributed by atoms with E-state index >= 15 is 0 Å². The molecule has 0 saturated carbocycles. The number of carbonyl (C=O) groups is 2. The Labute approximate surface area is 74.3 Å². The first-order chi connectivity index (χ1) is 5.45. The zero-order chi connectivity index (χ0) is 9.72. The first-order valence-electron chi connectivity index (χ1n) is 4.48. The second kappa shape index (κ2) is 5.07. The smallest absolute Gasteiger partial charge is 0.135 e. The van der Waals surface area contributed by atoms with Crippen molar-refractivity contribution in [2.75, 3.05) is 0 Å². The molecule has 1 atom stereocenters. The van der Waals surface area contributed by atoms with E-state index in [9.17, 15) is 9.59 Å². The van der Waals surface area contributed by atoms with Gasteiger partial charge in [0.2, 0.25) is 0 Å². The minimum atomic E-state index is 0.0349. The molecule has 0 heterocycles. The fraction of sp³-hybridized carbons (Fsp3) is 0.800. The summed E-state index contributed by atoms with van der Waals surface area (Å²) in [6.45, 7) is 7.22. The standard InChI is InChI=1S/C10H18O2/c1-7(2)10(12)6-5-8(3)9(4)11/h7-8H,5-6H2,1-4H3. The highest BCUT2D eigenvalue weighted by Crippen LogP contribution is 2.09. The number of ketones is 2. The van der Waals surface area contributed by atoms with Gasteiger partial charge >= 0.3 is 0 Å². The molecule has 2 nitrogen and oxygen atoms in total. The molecule has 0 aromatic rings. The van der Waals surface area contributed by atoms with Crippen molar-refractivity contribution in [2.45, 2.75) is 40.5 Å². The summed E-state index contributed by atoms with van der Waals surface area (Å²) < 4.78 is 0. The van der Waals surface area contributed by atoms with E-state index in [-0.39, 0.29) is 23.4 Å². The molecular weight excluding hydrogens is 152 g/mol. The quantitative estimate of drug-likeness (QED) is 0.634. The number of hydrogen-bond donors (Lipinski definition) is 0. The van der Waals surface area contributed by atoms with Gasteiger partial charge in [0, 0.05) is 18.3 Å². The lowest BCUT2D eigenvalue weighted by molar-refractivity contribution is -0.123. The summed E-state index contributed by atoms with van der Waals surface area (Å²) in [6.07, 6.45) is 1.24. The highest BCUT2D eigenvalue weighted by Gasteiger charge is 2.12. The number of Topliss-reactive ketones (excluding diaryl/α,β-unsaturated/α-hetero) is 2. The van der Waals surface area contributed by atoms with E-state index in [1.54, 1.807) is 6.92 Å². The Morgan fingerprint density at radius 2 is 1.67 bits per heavy atom. The number of hydrogen-bond acceptors (Lipinski definition) is 2. The summed E-state index contributed by atoms with van der Waals surface area (Å²) in [7, 11) is 0. The third-order valence-electron chi connectivity index (χ3n) is 2.16. The van der Waals surface area contributed by atoms with Crippen LogP contribution in [-0.4, -0.2) is 11.6 Å². The van der Waals surface area contributed by atoms with Crippen molar-refractivity contribution in [2.24, 2.45) is 11.8 Å². The van der Waals surface area contributed by atoms with E-state index in [1.165, 1.54) is 0 Å². The van der Waals surface area contributed by atoms with E-state index < -0.39 is 0 Å². The Bertz CT molecular complexity index is 171. The fourth-order valence-corrected chi connectivity index (χ4v) is 0.851. The normalized spacial score (nSPS) is 13.1. The molecule has 0 aromatic heterocycles. The molecule has 0 spiro atoms. The number of rotatable bonds is 5. The molecule has 0 amide bonds. The third kappa shape index (κ3) is 4.27. The van der Waals surface area contributed by atoms with Gasteiger partial charge in [-0.3, -0.25) is 9.59 Å². The predicted molar refractivity (Wildman–Crippen MR) is 48.9 cm³/mol. The second-order valence-electron chi connectivity index (χ2n) is 3.67. The van der Waals surface area contributed by atoms with Crippen LogP contribution in [0, 0.1) is 11.8 Å². The van der Waals surface area contributed by atoms with Crippen LogP contribution in [0.2, 0.25) is 0 Å². The van der Waals surface area contributed by atoms with E-state index in [0.29, 0.717) is 12.8 Å². The van der Waals surface area contributed by atoms with Crippen LogP contribution in [0.25, 0.3) is 0 Å². The summed E-state index contributed by atoms with van der Waals surface area (Å²) >= 11 is 0. The Kier molecular flexibility index (Phi) is 4.79. The van der Waals surface area contributed by atoms with Gasteiger partial charge in [0.1, 0.15) is 11.6 Å². The van der Waals surface area contributed by atoms with Crippen molar-refractivity contribution < 1.29 is 9.59 Å². The van der Waals surface area contributed by atoms with Gasteiger partial charge in [-0.25, -0.2) is 0 Å². The van der Waals surface area contributed by atoms with Crippen LogP contribution >= 0.6 is 0 Å². The molecule has 70 valence electrons. The highest BCUT2D eigenvalue weighted by molar-refractivity contribution is 5.82. The van der Waals surface area contributed by atoms with Gasteiger partial charge in [0.05, 0.1) is 0 Å². The molecule has 12 heavy (non-hydrogen) atoms. The van der Waals surface area contributed by atoms with Crippen molar-refractivity contribution in [1.82, 2.24) is 0 Å². The van der Waals surface area contributed by atoms with Crippen molar-refractivity contribution >= 4 is 11.6 Å². The van der Waals surface area contributed by atoms with E-state index in [4.69, 9.17) is 0 Å². The maximum Gasteiger partial charge on any atom is 0.135 e. The molecular formula is C10H18O2. The first kappa shape index (κ1) is 11.3. The average molecular weight is 170 g/mol. The van der Waals surface area contributed by atoms with Crippen LogP contribution in [0.1, 0.15) is 40.5 Å². The maximum atomic E-state index is 11.2. The van der Waals surface area contributed by atoms with Crippen LogP contribution in [-0.2, 0) is 9.59 Å². The summed E-state index contributed by atoms with van der Waals surface area (Å²) in [4.78, 5) is 22.0. The van der Waals surface area contributed by atoms with Gasteiger partial charge in [-0.05, 0) is 13.3 Å². The molecule has 0 aliphatic heterocycles. The largest absolute Gasteiger partial charge is 0.300 e. The van der Waals surface area contributed by atoms with Crippen molar-refractivity contribution in [3.63, 3.8) is 0 Å². The number of carbonyl (C=O) groups excluding carboxylic acids is 2. The molecule has 2 heteroatoms. The molecule has 0 fully saturated rings. The lowest BCUT2D eigenvalue weighted by Crippen LogP contribution is -2.12. The van der Waals surface area contributed by atoms with Crippen LogP contribution < -0.4 is 0 Å². The lowest BCUT2D eigenvalue weighted by atomic mass is 9.96. The van der Waals surface area contributed by atoms with Crippen LogP contribution in [0.15, 0.2) is 0 Å². The van der Waals surface area contributed by atoms with Crippen LogP contribution in [0.5, 0.6) is 0 Å². The first-order valence-corrected chi connectivity index (χ1v) is 4.48. The summed E-state index contributed by atoms with van der Waals surface area (Å²) in [6, 6.07) is 0. The molecule has 1 unspecified atom stereocenters. The molecule has 0 radical (unpaired) electrons. The molecule has 0 aliphatic rings. The molecule has 0 saturated heterocycles. The van der Waals surface area contributed by atoms with Gasteiger partial charge in [-0.1, -0.05) is 20.8 Å². The third-order valence-corrected chi connectivity index (χ3v) is 2.16. The van der Waals surface area contributed by atoms with Gasteiger partial charge in [-0.15, -0.1) is 0 Å². The van der Waals surface area contributed by atoms with Crippen molar-refractivity contribution in [3.05, 3.63) is 0 Å². The Balaban J connectivity index is 3.69. The minimum absolute atomic E-state index is 0.0349. The Hall–Kier alpha value is -0.660. The zero-order valence-electron chi connectivity index (χ0n) is 8.39. The second-order valence-corrected chi connectivity index (χ2v) is 3.67. The molecule has 0 aliphatic carbocycles. The van der Waals surface area contributed by atoms with E-state index in [0.717, 1.165) is 0 Å². The lowest BCUT2D eigenvalue weighted by Gasteiger charge is -2.07. The van der Waals surface area contributed by atoms with Gasteiger partial charge in [-0.2, -0.15) is 0 Å². The summed E-state index contributed by atoms with van der Waals surface area (Å²) in [5.74, 6) is 0.562. The molecule has 0 rings (SSSR count). The van der Waals surface area contributed by atoms with Crippen molar-refractivity contribution in [3.8, 4) is 0 Å². The van der Waals surface area contributed by atoms with Gasteiger partial charge in [0.25, 0.3) is 0 Å². The van der Waals surface area contributed by atoms with E-state index in [1.807, 2.05) is 20.8 Å². The minimum Gasteiger partial charge on any atom is -0.300 e. The van der Waals surface area contributed by atoms with E-state index in [2.05, 4.69) is 0 Å². The van der Waals surface area contributed by atoms with Gasteiger partial charge < -0.3 is 0 Å². The molecule has 0 bridgehead atoms. The topological polar surface area (TPSA) is 34.1 Å². The van der Waals surface area contributed by atoms with Crippen LogP contribution in [0.4, 0.5) is 0 Å². The predicted octanol–water partition coefficient (Wildman–Crippen LogP) is 2.22. The average Bonchev–Trinajstić information content (AvgIpc) is 1.98. The Morgan fingerprint density at radius 3 is 2.00 bits per heavy atom. The zero-order valence-corrected chi connectivity index (χ0v) is 8.39. The molecule has 0 N–H and O–H groups in total. The monoisotopic (exact) mass is 170 g/mol. The Morgan fingerprint density at radius 1 is 1.17 bits per heavy atom.